The van der Waals surface area contributed by atoms with E-state index in [0.29, 0.717) is 11.1 Å². The molecule has 0 spiro atoms. The summed E-state index contributed by atoms with van der Waals surface area (Å²) < 4.78 is 0. The molecule has 4 bridgehead atoms. The van der Waals surface area contributed by atoms with E-state index in [2.05, 4.69) is 44.2 Å². The number of hydrogen-bond donors (Lipinski definition) is 0. The lowest BCUT2D eigenvalue weighted by Gasteiger charge is -2.20. The summed E-state index contributed by atoms with van der Waals surface area (Å²) in [6.07, 6.45) is 0. The van der Waals surface area contributed by atoms with Crippen LogP contribution < -0.4 is 0 Å². The van der Waals surface area contributed by atoms with Gasteiger partial charge in [-0.1, -0.05) is 18.2 Å². The zero-order valence-electron chi connectivity index (χ0n) is 14.8. The van der Waals surface area contributed by atoms with Gasteiger partial charge in [-0.3, -0.25) is 0 Å². The summed E-state index contributed by atoms with van der Waals surface area (Å²) in [5.41, 5.74) is 9.70. The van der Waals surface area contributed by atoms with Gasteiger partial charge in [0.15, 0.2) is 0 Å². The summed E-state index contributed by atoms with van der Waals surface area (Å²) in [7, 11) is 0. The van der Waals surface area contributed by atoms with Crippen molar-refractivity contribution >= 4 is 23.5 Å². The van der Waals surface area contributed by atoms with Gasteiger partial charge in [0.1, 0.15) is 0 Å². The Hall–Kier alpha value is -1.88. The minimum atomic E-state index is 0.692. The second-order valence-electron chi connectivity index (χ2n) is 6.37. The molecule has 126 valence electrons. The van der Waals surface area contributed by atoms with Crippen LogP contribution in [0.1, 0.15) is 50.1 Å². The van der Waals surface area contributed by atoms with Crippen LogP contribution in [0.4, 0.5) is 0 Å². The lowest BCUT2D eigenvalue weighted by atomic mass is 9.90. The first-order valence-electron chi connectivity index (χ1n) is 8.26. The van der Waals surface area contributed by atoms with Gasteiger partial charge < -0.3 is 0 Å². The van der Waals surface area contributed by atoms with Crippen LogP contribution in [0.3, 0.4) is 0 Å². The van der Waals surface area contributed by atoms with E-state index >= 15 is 0 Å². The van der Waals surface area contributed by atoms with Crippen molar-refractivity contribution in [3.63, 3.8) is 0 Å². The summed E-state index contributed by atoms with van der Waals surface area (Å²) in [5, 5.41) is 19.3. The lowest BCUT2D eigenvalue weighted by Crippen LogP contribution is -2.06. The van der Waals surface area contributed by atoms with Crippen LogP contribution >= 0.6 is 23.5 Å². The third kappa shape index (κ3) is 3.30. The Kier molecular flexibility index (Phi) is 5.42. The highest BCUT2D eigenvalue weighted by molar-refractivity contribution is 7.98. The Morgan fingerprint density at radius 2 is 1.20 bits per heavy atom. The van der Waals surface area contributed by atoms with E-state index in [1.54, 1.807) is 0 Å². The van der Waals surface area contributed by atoms with Crippen LogP contribution in [-0.4, -0.2) is 0 Å². The zero-order valence-corrected chi connectivity index (χ0v) is 16.4. The van der Waals surface area contributed by atoms with Gasteiger partial charge in [0, 0.05) is 23.0 Å². The van der Waals surface area contributed by atoms with Crippen molar-refractivity contribution in [2.24, 2.45) is 0 Å². The first-order valence-corrected chi connectivity index (χ1v) is 10.6. The molecule has 0 N–H and O–H groups in total. The van der Waals surface area contributed by atoms with E-state index in [0.717, 1.165) is 45.3 Å². The van der Waals surface area contributed by atoms with Crippen molar-refractivity contribution in [2.75, 3.05) is 0 Å². The van der Waals surface area contributed by atoms with Crippen molar-refractivity contribution in [1.29, 1.82) is 10.5 Å². The first-order chi connectivity index (χ1) is 12.1. The molecule has 0 fully saturated rings. The number of thioether (sulfide) groups is 2. The SMILES string of the molecule is Cc1c2cccc1CSCc1c(C)c(c(C#N)c(C)c1C#N)CSC2. The quantitative estimate of drug-likeness (QED) is 0.616. The van der Waals surface area contributed by atoms with Crippen molar-refractivity contribution in [3.8, 4) is 12.1 Å². The van der Waals surface area contributed by atoms with E-state index in [9.17, 15) is 10.5 Å². The molecule has 0 aliphatic carbocycles. The van der Waals surface area contributed by atoms with Gasteiger partial charge in [0.2, 0.25) is 0 Å². The van der Waals surface area contributed by atoms with Crippen LogP contribution in [0.15, 0.2) is 18.2 Å². The molecule has 0 saturated heterocycles. The maximum absolute atomic E-state index is 9.66. The average Bonchev–Trinajstić information content (AvgIpc) is 2.60. The summed E-state index contributed by atoms with van der Waals surface area (Å²) in [4.78, 5) is 0. The molecule has 4 heteroatoms. The Morgan fingerprint density at radius 1 is 0.720 bits per heavy atom. The van der Waals surface area contributed by atoms with Crippen LogP contribution in [0.25, 0.3) is 0 Å². The molecular weight excluding hydrogens is 344 g/mol. The third-order valence-electron chi connectivity index (χ3n) is 5.05. The van der Waals surface area contributed by atoms with E-state index in [1.807, 2.05) is 30.4 Å². The molecular formula is C21H20N2S2. The zero-order chi connectivity index (χ0) is 18.0. The normalized spacial score (nSPS) is 14.0. The topological polar surface area (TPSA) is 47.6 Å². The predicted molar refractivity (Wildman–Crippen MR) is 107 cm³/mol. The molecule has 0 aromatic heterocycles. The average molecular weight is 365 g/mol. The largest absolute Gasteiger partial charge is 0.192 e. The first kappa shape index (κ1) is 17.9. The molecule has 0 atom stereocenters. The highest BCUT2D eigenvalue weighted by Crippen LogP contribution is 2.35. The Balaban J connectivity index is 2.12. The fraction of sp³-hybridized carbons (Fsp3) is 0.333. The van der Waals surface area contributed by atoms with E-state index in [1.165, 1.54) is 16.7 Å². The molecule has 2 nitrogen and oxygen atoms in total. The molecule has 1 aliphatic heterocycles. The highest BCUT2D eigenvalue weighted by atomic mass is 32.2. The van der Waals surface area contributed by atoms with E-state index in [-0.39, 0.29) is 0 Å². The molecule has 2 aromatic rings. The molecule has 1 aliphatic rings. The Morgan fingerprint density at radius 3 is 1.64 bits per heavy atom. The molecule has 0 amide bonds. The Bertz CT molecular complexity index is 850. The van der Waals surface area contributed by atoms with Gasteiger partial charge in [-0.15, -0.1) is 0 Å². The summed E-state index contributed by atoms with van der Waals surface area (Å²) in [6, 6.07) is 11.2. The fourth-order valence-corrected chi connectivity index (χ4v) is 5.77. The minimum Gasteiger partial charge on any atom is -0.192 e. The smallest absolute Gasteiger partial charge is 0.0998 e. The van der Waals surface area contributed by atoms with E-state index < -0.39 is 0 Å². The molecule has 3 rings (SSSR count). The second kappa shape index (κ2) is 7.56. The summed E-state index contributed by atoms with van der Waals surface area (Å²) in [6.45, 7) is 6.19. The third-order valence-corrected chi connectivity index (χ3v) is 7.06. The van der Waals surface area contributed by atoms with Crippen LogP contribution in [0.5, 0.6) is 0 Å². The summed E-state index contributed by atoms with van der Waals surface area (Å²) >= 11 is 3.70. The van der Waals surface area contributed by atoms with Gasteiger partial charge >= 0.3 is 0 Å². The number of nitrogens with zero attached hydrogens (tertiary/aromatic N) is 2. The summed E-state index contributed by atoms with van der Waals surface area (Å²) in [5.74, 6) is 3.51. The molecule has 0 saturated carbocycles. The number of hydrogen-bond acceptors (Lipinski definition) is 4. The predicted octanol–water partition coefficient (Wildman–Crippen LogP) is 5.54. The van der Waals surface area contributed by atoms with Crippen molar-refractivity contribution < 1.29 is 0 Å². The number of nitriles is 2. The van der Waals surface area contributed by atoms with Gasteiger partial charge in [-0.05, 0) is 59.7 Å². The van der Waals surface area contributed by atoms with Gasteiger partial charge in [-0.2, -0.15) is 34.0 Å². The monoisotopic (exact) mass is 364 g/mol. The molecule has 25 heavy (non-hydrogen) atoms. The molecule has 1 heterocycles. The minimum absolute atomic E-state index is 0.692. The van der Waals surface area contributed by atoms with E-state index in [4.69, 9.17) is 0 Å². The second-order valence-corrected chi connectivity index (χ2v) is 8.34. The molecule has 2 aromatic carbocycles. The standard InChI is InChI=1S/C21H20N2S2/c1-13-16-5-4-6-17(13)10-25-12-21-15(3)20(11-24-9-16)18(7-22)14(2)19(21)8-23/h4-6H,9-12H2,1-3H3. The molecule has 0 unspecified atom stereocenters. The van der Waals surface area contributed by atoms with Crippen molar-refractivity contribution in [2.45, 2.75) is 43.8 Å². The van der Waals surface area contributed by atoms with Crippen molar-refractivity contribution in [1.82, 2.24) is 0 Å². The van der Waals surface area contributed by atoms with Crippen LogP contribution in [-0.2, 0) is 23.0 Å². The number of rotatable bonds is 0. The van der Waals surface area contributed by atoms with Gasteiger partial charge in [-0.25, -0.2) is 0 Å². The number of benzene rings is 2. The highest BCUT2D eigenvalue weighted by Gasteiger charge is 2.20. The molecule has 0 radical (unpaired) electrons. The van der Waals surface area contributed by atoms with Crippen LogP contribution in [0.2, 0.25) is 0 Å². The number of fused-ring (bicyclic) bond motifs is 4. The Labute approximate surface area is 158 Å². The maximum Gasteiger partial charge on any atom is 0.0998 e. The van der Waals surface area contributed by atoms with Gasteiger partial charge in [0.25, 0.3) is 0 Å². The van der Waals surface area contributed by atoms with Crippen molar-refractivity contribution in [3.05, 3.63) is 68.3 Å². The maximum atomic E-state index is 9.66. The van der Waals surface area contributed by atoms with Gasteiger partial charge in [0.05, 0.1) is 23.3 Å². The lowest BCUT2D eigenvalue weighted by molar-refractivity contribution is 1.15. The van der Waals surface area contributed by atoms with Crippen LogP contribution in [0, 0.1) is 43.4 Å². The fourth-order valence-electron chi connectivity index (χ4n) is 3.37.